The molecule has 31 heavy (non-hydrogen) atoms. The molecule has 168 valence electrons. The highest BCUT2D eigenvalue weighted by Crippen LogP contribution is 2.34. The maximum atomic E-state index is 6.18. The van der Waals surface area contributed by atoms with Crippen molar-refractivity contribution in [2.75, 3.05) is 0 Å². The lowest BCUT2D eigenvalue weighted by Crippen LogP contribution is -2.22. The predicted octanol–water partition coefficient (Wildman–Crippen LogP) is 8.41. The molecule has 0 radical (unpaired) electrons. The largest absolute Gasteiger partial charge is 0.491 e. The van der Waals surface area contributed by atoms with Gasteiger partial charge >= 0.3 is 0 Å². The average Bonchev–Trinajstić information content (AvgIpc) is 2.81. The molecule has 2 aliphatic rings. The fourth-order valence-electron chi connectivity index (χ4n) is 5.54. The fraction of sp³-hybridized carbons (Fsp3) is 0.586. The Morgan fingerprint density at radius 2 is 0.935 bits per heavy atom. The molecule has 0 heterocycles. The normalized spacial score (nSPS) is 20.2. The molecule has 2 aliphatic carbocycles. The van der Waals surface area contributed by atoms with Gasteiger partial charge in [0.25, 0.3) is 0 Å². The highest BCUT2D eigenvalue weighted by Gasteiger charge is 2.17. The van der Waals surface area contributed by atoms with Crippen LogP contribution in [0.3, 0.4) is 0 Å². The van der Waals surface area contributed by atoms with Crippen molar-refractivity contribution in [1.82, 2.24) is 0 Å². The summed E-state index contributed by atoms with van der Waals surface area (Å²) in [4.78, 5) is 0. The Kier molecular flexibility index (Phi) is 7.94. The van der Waals surface area contributed by atoms with Crippen LogP contribution in [0.15, 0.2) is 48.5 Å². The topological polar surface area (TPSA) is 18.5 Å². The van der Waals surface area contributed by atoms with E-state index in [0.717, 1.165) is 29.8 Å². The summed E-state index contributed by atoms with van der Waals surface area (Å²) in [5.41, 5.74) is 2.96. The van der Waals surface area contributed by atoms with Crippen molar-refractivity contribution in [2.45, 2.75) is 109 Å². The standard InChI is InChI=1S/C29H40O2/c1-22(30-28-17-13-26(14-18-28)24-9-5-3-6-10-24)21-23(2)31-29-19-15-27(16-20-29)25-11-7-4-8-12-25/h13-20,22-25H,3-12,21H2,1-2H3/t22-,23-/m0/s1. The fourth-order valence-corrected chi connectivity index (χ4v) is 5.54. The SMILES string of the molecule is C[C@@H](C[C@H](C)Oc1ccc(C2CCCCC2)cc1)Oc1ccc(C2CCCCC2)cc1. The molecule has 0 N–H and O–H groups in total. The van der Waals surface area contributed by atoms with Gasteiger partial charge in [0.15, 0.2) is 0 Å². The minimum Gasteiger partial charge on any atom is -0.491 e. The summed E-state index contributed by atoms with van der Waals surface area (Å²) in [6, 6.07) is 17.7. The molecule has 2 heteroatoms. The van der Waals surface area contributed by atoms with Gasteiger partial charge in [-0.15, -0.1) is 0 Å². The third-order valence-corrected chi connectivity index (χ3v) is 7.25. The van der Waals surface area contributed by atoms with Gasteiger partial charge in [0, 0.05) is 6.42 Å². The van der Waals surface area contributed by atoms with Crippen molar-refractivity contribution in [3.63, 3.8) is 0 Å². The first-order valence-corrected chi connectivity index (χ1v) is 12.7. The highest BCUT2D eigenvalue weighted by molar-refractivity contribution is 5.31. The first-order chi connectivity index (χ1) is 15.2. The van der Waals surface area contributed by atoms with Gasteiger partial charge in [0.2, 0.25) is 0 Å². The Balaban J connectivity index is 1.23. The van der Waals surface area contributed by atoms with Crippen LogP contribution in [0.2, 0.25) is 0 Å². The molecule has 0 bridgehead atoms. The molecule has 2 aromatic carbocycles. The minimum absolute atomic E-state index is 0.122. The second kappa shape index (κ2) is 11.1. The van der Waals surface area contributed by atoms with Gasteiger partial charge in [-0.2, -0.15) is 0 Å². The molecule has 0 aromatic heterocycles. The van der Waals surface area contributed by atoms with Crippen molar-refractivity contribution < 1.29 is 9.47 Å². The van der Waals surface area contributed by atoms with Gasteiger partial charge < -0.3 is 9.47 Å². The van der Waals surface area contributed by atoms with Crippen LogP contribution in [0, 0.1) is 0 Å². The zero-order valence-corrected chi connectivity index (χ0v) is 19.5. The molecule has 2 aromatic rings. The van der Waals surface area contributed by atoms with Crippen LogP contribution >= 0.6 is 0 Å². The van der Waals surface area contributed by atoms with Crippen LogP contribution in [0.25, 0.3) is 0 Å². The van der Waals surface area contributed by atoms with E-state index in [9.17, 15) is 0 Å². The minimum atomic E-state index is 0.122. The summed E-state index contributed by atoms with van der Waals surface area (Å²) in [6.45, 7) is 4.28. The first-order valence-electron chi connectivity index (χ1n) is 12.7. The van der Waals surface area contributed by atoms with Crippen LogP contribution in [0.4, 0.5) is 0 Å². The van der Waals surface area contributed by atoms with E-state index in [1.807, 2.05) is 0 Å². The number of benzene rings is 2. The maximum Gasteiger partial charge on any atom is 0.119 e. The molecule has 0 unspecified atom stereocenters. The van der Waals surface area contributed by atoms with Gasteiger partial charge in [-0.3, -0.25) is 0 Å². The molecule has 0 amide bonds. The second-order valence-electron chi connectivity index (χ2n) is 9.90. The van der Waals surface area contributed by atoms with Gasteiger partial charge in [-0.05, 0) is 86.8 Å². The molecule has 0 saturated heterocycles. The van der Waals surface area contributed by atoms with Gasteiger partial charge in [-0.1, -0.05) is 62.8 Å². The number of rotatable bonds is 8. The summed E-state index contributed by atoms with van der Waals surface area (Å²) in [7, 11) is 0. The summed E-state index contributed by atoms with van der Waals surface area (Å²) < 4.78 is 12.4. The molecule has 4 rings (SSSR count). The summed E-state index contributed by atoms with van der Waals surface area (Å²) in [5.74, 6) is 3.43. The van der Waals surface area contributed by atoms with Crippen LogP contribution < -0.4 is 9.47 Å². The zero-order chi connectivity index (χ0) is 21.5. The third-order valence-electron chi connectivity index (χ3n) is 7.25. The van der Waals surface area contributed by atoms with E-state index >= 15 is 0 Å². The van der Waals surface area contributed by atoms with E-state index in [1.54, 1.807) is 0 Å². The maximum absolute atomic E-state index is 6.18. The van der Waals surface area contributed by atoms with Crippen molar-refractivity contribution in [1.29, 1.82) is 0 Å². The predicted molar refractivity (Wildman–Crippen MR) is 129 cm³/mol. The van der Waals surface area contributed by atoms with E-state index in [0.29, 0.717) is 0 Å². The molecule has 2 atom stereocenters. The third kappa shape index (κ3) is 6.51. The number of ether oxygens (including phenoxy) is 2. The summed E-state index contributed by atoms with van der Waals surface area (Å²) >= 11 is 0. The van der Waals surface area contributed by atoms with E-state index < -0.39 is 0 Å². The number of hydrogen-bond acceptors (Lipinski definition) is 2. The Morgan fingerprint density at radius 1 is 0.581 bits per heavy atom. The molecule has 0 spiro atoms. The molecular formula is C29H40O2. The van der Waals surface area contributed by atoms with Gasteiger partial charge in [0.1, 0.15) is 11.5 Å². The van der Waals surface area contributed by atoms with Crippen LogP contribution in [0.5, 0.6) is 11.5 Å². The Morgan fingerprint density at radius 3 is 1.29 bits per heavy atom. The van der Waals surface area contributed by atoms with Gasteiger partial charge in [0.05, 0.1) is 12.2 Å². The highest BCUT2D eigenvalue weighted by atomic mass is 16.5. The van der Waals surface area contributed by atoms with E-state index in [1.165, 1.54) is 75.3 Å². The van der Waals surface area contributed by atoms with Crippen LogP contribution in [-0.4, -0.2) is 12.2 Å². The van der Waals surface area contributed by atoms with Crippen molar-refractivity contribution >= 4 is 0 Å². The quantitative estimate of drug-likeness (QED) is 0.427. The van der Waals surface area contributed by atoms with Crippen molar-refractivity contribution in [3.05, 3.63) is 59.7 Å². The summed E-state index contributed by atoms with van der Waals surface area (Å²) in [5, 5.41) is 0. The Hall–Kier alpha value is -1.96. The first kappa shape index (κ1) is 22.2. The Labute approximate surface area is 189 Å². The average molecular weight is 421 g/mol. The van der Waals surface area contributed by atoms with Crippen molar-refractivity contribution in [3.8, 4) is 11.5 Å². The zero-order valence-electron chi connectivity index (χ0n) is 19.5. The van der Waals surface area contributed by atoms with E-state index in [-0.39, 0.29) is 12.2 Å². The summed E-state index contributed by atoms with van der Waals surface area (Å²) in [6.07, 6.45) is 14.8. The lowest BCUT2D eigenvalue weighted by Gasteiger charge is -2.23. The number of hydrogen-bond donors (Lipinski definition) is 0. The van der Waals surface area contributed by atoms with Crippen LogP contribution in [0.1, 0.15) is 107 Å². The molecule has 0 aliphatic heterocycles. The molecule has 2 fully saturated rings. The smallest absolute Gasteiger partial charge is 0.119 e. The van der Waals surface area contributed by atoms with Crippen molar-refractivity contribution in [2.24, 2.45) is 0 Å². The van der Waals surface area contributed by atoms with E-state index in [4.69, 9.17) is 9.47 Å². The van der Waals surface area contributed by atoms with E-state index in [2.05, 4.69) is 62.4 Å². The molecule has 2 saturated carbocycles. The second-order valence-corrected chi connectivity index (χ2v) is 9.90. The molecular weight excluding hydrogens is 380 g/mol. The lowest BCUT2D eigenvalue weighted by molar-refractivity contribution is 0.131. The lowest BCUT2D eigenvalue weighted by atomic mass is 9.84. The molecule has 2 nitrogen and oxygen atoms in total. The Bertz CT molecular complexity index is 700. The van der Waals surface area contributed by atoms with Crippen LogP contribution in [-0.2, 0) is 0 Å². The monoisotopic (exact) mass is 420 g/mol. The van der Waals surface area contributed by atoms with Gasteiger partial charge in [-0.25, -0.2) is 0 Å².